The van der Waals surface area contributed by atoms with E-state index in [1.807, 2.05) is 32.9 Å². The maximum Gasteiger partial charge on any atom is 0.171 e. The van der Waals surface area contributed by atoms with Crippen molar-refractivity contribution in [3.63, 3.8) is 0 Å². The van der Waals surface area contributed by atoms with E-state index >= 15 is 0 Å². The second-order valence-corrected chi connectivity index (χ2v) is 4.58. The number of hydrogen-bond donors (Lipinski definition) is 2. The molecule has 0 radical (unpaired) electrons. The van der Waals surface area contributed by atoms with Gasteiger partial charge in [0.2, 0.25) is 0 Å². The molecule has 0 aromatic heterocycles. The first-order valence-electron chi connectivity index (χ1n) is 6.10. The monoisotopic (exact) mass is 253 g/mol. The van der Waals surface area contributed by atoms with Gasteiger partial charge in [-0.1, -0.05) is 17.7 Å². The summed E-state index contributed by atoms with van der Waals surface area (Å²) in [6.07, 6.45) is -0.306. The van der Waals surface area contributed by atoms with Gasteiger partial charge in [-0.15, -0.1) is 0 Å². The Morgan fingerprint density at radius 3 is 2.33 bits per heavy atom. The molecule has 1 aromatic carbocycles. The van der Waals surface area contributed by atoms with Crippen molar-refractivity contribution >= 4 is 0 Å². The molecule has 4 heteroatoms. The fourth-order valence-corrected chi connectivity index (χ4v) is 2.09. The second-order valence-electron chi connectivity index (χ2n) is 4.58. The number of benzene rings is 1. The van der Waals surface area contributed by atoms with Gasteiger partial charge in [-0.25, -0.2) is 0 Å². The highest BCUT2D eigenvalue weighted by molar-refractivity contribution is 5.37. The zero-order valence-corrected chi connectivity index (χ0v) is 11.7. The molecule has 0 fully saturated rings. The number of aromatic hydroxyl groups is 1. The topological polar surface area (TPSA) is 50.7 Å². The molecule has 0 bridgehead atoms. The highest BCUT2D eigenvalue weighted by atomic mass is 16.7. The predicted molar refractivity (Wildman–Crippen MR) is 71.7 cm³/mol. The molecule has 0 aliphatic heterocycles. The third-order valence-corrected chi connectivity index (χ3v) is 3.04. The average Bonchev–Trinajstić information content (AvgIpc) is 2.33. The molecule has 2 atom stereocenters. The minimum absolute atomic E-state index is 0.0210. The molecule has 0 saturated carbocycles. The first kappa shape index (κ1) is 15.0. The van der Waals surface area contributed by atoms with E-state index in [1.165, 1.54) is 0 Å². The van der Waals surface area contributed by atoms with E-state index in [0.29, 0.717) is 5.75 Å². The molecular formula is C14H23NO3. The third-order valence-electron chi connectivity index (χ3n) is 3.04. The largest absolute Gasteiger partial charge is 0.508 e. The van der Waals surface area contributed by atoms with Crippen LogP contribution in [0.4, 0.5) is 0 Å². The molecule has 0 amide bonds. The van der Waals surface area contributed by atoms with Gasteiger partial charge in [-0.05, 0) is 26.8 Å². The average molecular weight is 253 g/mol. The van der Waals surface area contributed by atoms with Crippen molar-refractivity contribution < 1.29 is 14.6 Å². The molecule has 0 aliphatic rings. The molecule has 0 saturated heterocycles. The summed E-state index contributed by atoms with van der Waals surface area (Å²) in [5.74, 6) is 0.305. The van der Waals surface area contributed by atoms with Crippen molar-refractivity contribution in [2.75, 3.05) is 14.2 Å². The van der Waals surface area contributed by atoms with Gasteiger partial charge in [-0.3, -0.25) is 0 Å². The summed E-state index contributed by atoms with van der Waals surface area (Å²) in [6.45, 7) is 6.00. The summed E-state index contributed by atoms with van der Waals surface area (Å²) in [7, 11) is 3.22. The number of aryl methyl sites for hydroxylation is 1. The number of rotatable bonds is 6. The van der Waals surface area contributed by atoms with Crippen molar-refractivity contribution in [1.82, 2.24) is 5.32 Å². The highest BCUT2D eigenvalue weighted by Gasteiger charge is 2.19. The van der Waals surface area contributed by atoms with E-state index < -0.39 is 0 Å². The van der Waals surface area contributed by atoms with Gasteiger partial charge >= 0.3 is 0 Å². The number of nitrogens with one attached hydrogen (secondary N) is 1. The normalized spacial score (nSPS) is 14.8. The molecule has 1 rings (SSSR count). The summed E-state index contributed by atoms with van der Waals surface area (Å²) < 4.78 is 10.4. The zero-order chi connectivity index (χ0) is 13.7. The van der Waals surface area contributed by atoms with Crippen LogP contribution >= 0.6 is 0 Å². The van der Waals surface area contributed by atoms with E-state index in [4.69, 9.17) is 9.47 Å². The van der Waals surface area contributed by atoms with Gasteiger partial charge in [-0.2, -0.15) is 0 Å². The van der Waals surface area contributed by atoms with Gasteiger partial charge in [0.15, 0.2) is 6.29 Å². The molecular weight excluding hydrogens is 230 g/mol. The number of methoxy groups -OCH3 is 2. The Hall–Kier alpha value is -1.10. The summed E-state index contributed by atoms with van der Waals surface area (Å²) in [6, 6.07) is 5.64. The Kier molecular flexibility index (Phi) is 5.59. The summed E-state index contributed by atoms with van der Waals surface area (Å²) in [4.78, 5) is 0. The van der Waals surface area contributed by atoms with Crippen molar-refractivity contribution in [2.45, 2.75) is 39.1 Å². The maximum atomic E-state index is 9.87. The minimum atomic E-state index is -0.306. The third kappa shape index (κ3) is 3.70. The van der Waals surface area contributed by atoms with Gasteiger partial charge < -0.3 is 19.9 Å². The standard InChI is InChI=1S/C14H23NO3/c1-9-6-7-13(16)12(8-9)10(2)15-11(3)14(17-4)18-5/h6-8,10-11,14-16H,1-5H3. The van der Waals surface area contributed by atoms with Crippen LogP contribution in [0.1, 0.15) is 31.0 Å². The van der Waals surface area contributed by atoms with Gasteiger partial charge in [0.05, 0.1) is 6.04 Å². The van der Waals surface area contributed by atoms with Crippen LogP contribution in [-0.4, -0.2) is 31.7 Å². The smallest absolute Gasteiger partial charge is 0.171 e. The molecule has 0 aliphatic carbocycles. The number of ether oxygens (including phenoxy) is 2. The molecule has 4 nitrogen and oxygen atoms in total. The first-order chi connectivity index (χ1) is 8.49. The highest BCUT2D eigenvalue weighted by Crippen LogP contribution is 2.25. The number of hydrogen-bond acceptors (Lipinski definition) is 4. The van der Waals surface area contributed by atoms with E-state index in [9.17, 15) is 5.11 Å². The van der Waals surface area contributed by atoms with Crippen LogP contribution in [0.5, 0.6) is 5.75 Å². The Morgan fingerprint density at radius 2 is 1.78 bits per heavy atom. The lowest BCUT2D eigenvalue weighted by molar-refractivity contribution is -0.120. The lowest BCUT2D eigenvalue weighted by Crippen LogP contribution is -2.40. The van der Waals surface area contributed by atoms with Crippen LogP contribution < -0.4 is 5.32 Å². The predicted octanol–water partition coefficient (Wildman–Crippen LogP) is 2.36. The maximum absolute atomic E-state index is 9.87. The molecule has 1 aromatic rings. The lowest BCUT2D eigenvalue weighted by Gasteiger charge is -2.26. The van der Waals surface area contributed by atoms with Crippen LogP contribution in [0.2, 0.25) is 0 Å². The zero-order valence-electron chi connectivity index (χ0n) is 11.7. The SMILES string of the molecule is COC(OC)C(C)NC(C)c1cc(C)ccc1O. The van der Waals surface area contributed by atoms with E-state index in [2.05, 4.69) is 5.32 Å². The van der Waals surface area contributed by atoms with Crippen LogP contribution in [0, 0.1) is 6.92 Å². The van der Waals surface area contributed by atoms with E-state index in [-0.39, 0.29) is 18.4 Å². The van der Waals surface area contributed by atoms with Crippen LogP contribution in [-0.2, 0) is 9.47 Å². The van der Waals surface area contributed by atoms with Gasteiger partial charge in [0.1, 0.15) is 5.75 Å². The minimum Gasteiger partial charge on any atom is -0.508 e. The van der Waals surface area contributed by atoms with E-state index in [0.717, 1.165) is 11.1 Å². The fraction of sp³-hybridized carbons (Fsp3) is 0.571. The van der Waals surface area contributed by atoms with Crippen LogP contribution in [0.25, 0.3) is 0 Å². The molecule has 2 unspecified atom stereocenters. The van der Waals surface area contributed by atoms with Crippen molar-refractivity contribution in [3.8, 4) is 5.75 Å². The number of phenolic OH excluding ortho intramolecular Hbond substituents is 1. The summed E-state index contributed by atoms with van der Waals surface area (Å²) >= 11 is 0. The first-order valence-corrected chi connectivity index (χ1v) is 6.10. The Bertz CT molecular complexity index is 377. The Labute approximate surface area is 109 Å². The summed E-state index contributed by atoms with van der Waals surface area (Å²) in [5, 5.41) is 13.2. The molecule has 102 valence electrons. The van der Waals surface area contributed by atoms with Crippen molar-refractivity contribution in [2.24, 2.45) is 0 Å². The van der Waals surface area contributed by atoms with Gasteiger partial charge in [0, 0.05) is 25.8 Å². The second kappa shape index (κ2) is 6.73. The quantitative estimate of drug-likeness (QED) is 0.764. The van der Waals surface area contributed by atoms with Gasteiger partial charge in [0.25, 0.3) is 0 Å². The van der Waals surface area contributed by atoms with Crippen molar-refractivity contribution in [3.05, 3.63) is 29.3 Å². The Morgan fingerprint density at radius 1 is 1.17 bits per heavy atom. The van der Waals surface area contributed by atoms with Crippen LogP contribution in [0.3, 0.4) is 0 Å². The van der Waals surface area contributed by atoms with E-state index in [1.54, 1.807) is 20.3 Å². The van der Waals surface area contributed by atoms with Crippen molar-refractivity contribution in [1.29, 1.82) is 0 Å². The fourth-order valence-electron chi connectivity index (χ4n) is 2.09. The molecule has 0 spiro atoms. The molecule has 0 heterocycles. The summed E-state index contributed by atoms with van der Waals surface area (Å²) in [5.41, 5.74) is 2.01. The lowest BCUT2D eigenvalue weighted by atomic mass is 10.0. The molecule has 18 heavy (non-hydrogen) atoms. The molecule has 2 N–H and O–H groups in total. The number of phenols is 1. The van der Waals surface area contributed by atoms with Crippen LogP contribution in [0.15, 0.2) is 18.2 Å². The Balaban J connectivity index is 2.75.